The van der Waals surface area contributed by atoms with Gasteiger partial charge in [-0.05, 0) is 32.1 Å². The molecule has 0 saturated carbocycles. The van der Waals surface area contributed by atoms with Gasteiger partial charge in [0.05, 0.1) is 6.26 Å². The molecule has 2 nitrogen and oxygen atoms in total. The van der Waals surface area contributed by atoms with Gasteiger partial charge < -0.3 is 4.74 Å². The highest BCUT2D eigenvalue weighted by Crippen LogP contribution is 1.98. The minimum absolute atomic E-state index is 0.00277. The van der Waals surface area contributed by atoms with Crippen LogP contribution in [0.25, 0.3) is 0 Å². The van der Waals surface area contributed by atoms with Crippen molar-refractivity contribution >= 4 is 5.78 Å². The summed E-state index contributed by atoms with van der Waals surface area (Å²) in [5.41, 5.74) is 0. The number of carbonyl (C=O) groups excluding carboxylic acids is 1. The van der Waals surface area contributed by atoms with Gasteiger partial charge in [0, 0.05) is 0 Å². The lowest BCUT2D eigenvalue weighted by Gasteiger charge is -1.96. The van der Waals surface area contributed by atoms with Crippen LogP contribution >= 0.6 is 0 Å². The van der Waals surface area contributed by atoms with E-state index in [4.69, 9.17) is 4.74 Å². The van der Waals surface area contributed by atoms with Gasteiger partial charge in [-0.15, -0.1) is 0 Å². The summed E-state index contributed by atoms with van der Waals surface area (Å²) >= 11 is 0. The summed E-state index contributed by atoms with van der Waals surface area (Å²) in [6.45, 7) is 6.70. The fraction of sp³-hybridized carbons (Fsp3) is 0.222. The molecule has 0 atom stereocenters. The van der Waals surface area contributed by atoms with Crippen molar-refractivity contribution in [2.24, 2.45) is 0 Å². The van der Waals surface area contributed by atoms with Gasteiger partial charge in [-0.3, -0.25) is 4.79 Å². The van der Waals surface area contributed by atoms with E-state index in [9.17, 15) is 4.79 Å². The Hall–Kier alpha value is -1.31. The molecule has 0 bridgehead atoms. The van der Waals surface area contributed by atoms with Crippen molar-refractivity contribution in [1.29, 1.82) is 0 Å². The van der Waals surface area contributed by atoms with Crippen molar-refractivity contribution in [3.8, 4) is 0 Å². The molecule has 0 saturated heterocycles. The maximum atomic E-state index is 10.5. The van der Waals surface area contributed by atoms with Crippen molar-refractivity contribution in [3.05, 3.63) is 36.8 Å². The highest BCUT2D eigenvalue weighted by atomic mass is 16.5. The molecule has 0 aliphatic rings. The van der Waals surface area contributed by atoms with Gasteiger partial charge >= 0.3 is 0 Å². The molecule has 60 valence electrons. The second kappa shape index (κ2) is 5.47. The topological polar surface area (TPSA) is 26.3 Å². The van der Waals surface area contributed by atoms with Crippen molar-refractivity contribution in [2.45, 2.75) is 13.8 Å². The smallest absolute Gasteiger partial charge is 0.152 e. The predicted molar refractivity (Wildman–Crippen MR) is 44.9 cm³/mol. The van der Waals surface area contributed by atoms with E-state index in [1.54, 1.807) is 12.2 Å². The standard InChI is InChI=1S/C9H12O2/c1-4-9(11-5-2)7-6-8(3)10/h4-7H,2H2,1,3H3/b7-6+,9-4-. The fourth-order valence-corrected chi connectivity index (χ4v) is 0.499. The third-order valence-electron chi connectivity index (χ3n) is 0.986. The largest absolute Gasteiger partial charge is 0.466 e. The molecule has 0 aliphatic carbocycles. The lowest BCUT2D eigenvalue weighted by Crippen LogP contribution is -1.83. The Morgan fingerprint density at radius 1 is 1.45 bits per heavy atom. The second-order valence-corrected chi connectivity index (χ2v) is 1.92. The Morgan fingerprint density at radius 3 is 2.45 bits per heavy atom. The van der Waals surface area contributed by atoms with Crippen LogP contribution in [-0.4, -0.2) is 5.78 Å². The molecule has 2 heteroatoms. The Labute approximate surface area is 66.9 Å². The van der Waals surface area contributed by atoms with Gasteiger partial charge in [0.2, 0.25) is 0 Å². The van der Waals surface area contributed by atoms with Gasteiger partial charge in [-0.2, -0.15) is 0 Å². The number of hydrogen-bond acceptors (Lipinski definition) is 2. The number of hydrogen-bond donors (Lipinski definition) is 0. The third kappa shape index (κ3) is 5.15. The molecule has 0 radical (unpaired) electrons. The molecule has 0 aliphatic heterocycles. The summed E-state index contributed by atoms with van der Waals surface area (Å²) in [5, 5.41) is 0. The minimum atomic E-state index is -0.00277. The highest BCUT2D eigenvalue weighted by molar-refractivity contribution is 5.87. The van der Waals surface area contributed by atoms with Crippen molar-refractivity contribution in [1.82, 2.24) is 0 Å². The molecule has 11 heavy (non-hydrogen) atoms. The van der Waals surface area contributed by atoms with Crippen LogP contribution in [0.3, 0.4) is 0 Å². The maximum Gasteiger partial charge on any atom is 0.152 e. The molecule has 0 aromatic heterocycles. The summed E-state index contributed by atoms with van der Waals surface area (Å²) in [4.78, 5) is 10.5. The molecule has 0 N–H and O–H groups in total. The van der Waals surface area contributed by atoms with Gasteiger partial charge in [0.15, 0.2) is 5.78 Å². The summed E-state index contributed by atoms with van der Waals surface area (Å²) in [7, 11) is 0. The van der Waals surface area contributed by atoms with E-state index >= 15 is 0 Å². The minimum Gasteiger partial charge on any atom is -0.466 e. The molecule has 0 fully saturated rings. The molecule has 0 aromatic carbocycles. The van der Waals surface area contributed by atoms with Crippen LogP contribution in [0.1, 0.15) is 13.8 Å². The van der Waals surface area contributed by atoms with E-state index in [0.717, 1.165) is 0 Å². The van der Waals surface area contributed by atoms with Crippen LogP contribution in [0.15, 0.2) is 36.8 Å². The van der Waals surface area contributed by atoms with E-state index < -0.39 is 0 Å². The lowest BCUT2D eigenvalue weighted by molar-refractivity contribution is -0.112. The van der Waals surface area contributed by atoms with Crippen LogP contribution in [0, 0.1) is 0 Å². The van der Waals surface area contributed by atoms with E-state index in [2.05, 4.69) is 6.58 Å². The molecule has 0 aromatic rings. The summed E-state index contributed by atoms with van der Waals surface area (Å²) in [6, 6.07) is 0. The SMILES string of the molecule is C=COC(=C\C)/C=C/C(C)=O. The summed E-state index contributed by atoms with van der Waals surface area (Å²) < 4.78 is 4.93. The zero-order valence-electron chi connectivity index (χ0n) is 6.83. The van der Waals surface area contributed by atoms with Crippen LogP contribution in [-0.2, 0) is 9.53 Å². The Kier molecular flexibility index (Phi) is 4.82. The lowest BCUT2D eigenvalue weighted by atomic mass is 10.3. The van der Waals surface area contributed by atoms with Crippen molar-refractivity contribution in [3.63, 3.8) is 0 Å². The first kappa shape index (κ1) is 9.69. The number of carbonyl (C=O) groups is 1. The van der Waals surface area contributed by atoms with E-state index in [1.165, 1.54) is 19.3 Å². The molecule has 0 unspecified atom stereocenters. The maximum absolute atomic E-state index is 10.5. The van der Waals surface area contributed by atoms with E-state index in [-0.39, 0.29) is 5.78 Å². The number of allylic oxidation sites excluding steroid dienone is 3. The van der Waals surface area contributed by atoms with Crippen molar-refractivity contribution < 1.29 is 9.53 Å². The first-order valence-electron chi connectivity index (χ1n) is 3.33. The second-order valence-electron chi connectivity index (χ2n) is 1.92. The van der Waals surface area contributed by atoms with Crippen LogP contribution < -0.4 is 0 Å². The number of rotatable bonds is 4. The Morgan fingerprint density at radius 2 is 2.09 bits per heavy atom. The summed E-state index contributed by atoms with van der Waals surface area (Å²) in [6.07, 6.45) is 6.11. The quantitative estimate of drug-likeness (QED) is 0.350. The average molecular weight is 152 g/mol. The zero-order valence-corrected chi connectivity index (χ0v) is 6.83. The normalized spacial score (nSPS) is 11.6. The zero-order chi connectivity index (χ0) is 8.69. The van der Waals surface area contributed by atoms with Gasteiger partial charge in [-0.1, -0.05) is 6.58 Å². The first-order valence-corrected chi connectivity index (χ1v) is 3.33. The van der Waals surface area contributed by atoms with Crippen LogP contribution in [0.5, 0.6) is 0 Å². The third-order valence-corrected chi connectivity index (χ3v) is 0.986. The van der Waals surface area contributed by atoms with Gasteiger partial charge in [0.25, 0.3) is 0 Å². The molecular formula is C9H12O2. The average Bonchev–Trinajstić information content (AvgIpc) is 1.97. The van der Waals surface area contributed by atoms with E-state index in [0.29, 0.717) is 5.76 Å². The fourth-order valence-electron chi connectivity index (χ4n) is 0.499. The number of ketones is 1. The summed E-state index contributed by atoms with van der Waals surface area (Å²) in [5.74, 6) is 0.618. The highest BCUT2D eigenvalue weighted by Gasteiger charge is 1.87. The molecule has 0 rings (SSSR count). The van der Waals surface area contributed by atoms with E-state index in [1.807, 2.05) is 6.92 Å². The Bertz CT molecular complexity index is 200. The Balaban J connectivity index is 4.08. The van der Waals surface area contributed by atoms with Crippen LogP contribution in [0.2, 0.25) is 0 Å². The molecular weight excluding hydrogens is 140 g/mol. The van der Waals surface area contributed by atoms with Gasteiger partial charge in [0.1, 0.15) is 5.76 Å². The molecule has 0 amide bonds. The van der Waals surface area contributed by atoms with Gasteiger partial charge in [-0.25, -0.2) is 0 Å². The van der Waals surface area contributed by atoms with Crippen molar-refractivity contribution in [2.75, 3.05) is 0 Å². The predicted octanol–water partition coefficient (Wildman–Crippen LogP) is 2.20. The molecule has 0 heterocycles. The van der Waals surface area contributed by atoms with Crippen LogP contribution in [0.4, 0.5) is 0 Å². The number of ether oxygens (including phenoxy) is 1. The monoisotopic (exact) mass is 152 g/mol. The molecule has 0 spiro atoms. The first-order chi connectivity index (χ1) is 5.20.